The minimum absolute atomic E-state index is 0.177. The average molecular weight is 318 g/mol. The van der Waals surface area contributed by atoms with Crippen molar-refractivity contribution in [2.75, 3.05) is 5.32 Å². The molecule has 2 rings (SSSR count). The third-order valence-electron chi connectivity index (χ3n) is 3.23. The molecule has 116 valence electrons. The van der Waals surface area contributed by atoms with Gasteiger partial charge in [-0.3, -0.25) is 4.79 Å². The summed E-state index contributed by atoms with van der Waals surface area (Å²) in [5.41, 5.74) is 2.89. The number of aryl methyl sites for hydroxylation is 2. The van der Waals surface area contributed by atoms with Gasteiger partial charge in [0.1, 0.15) is 5.75 Å². The number of halogens is 1. The fraction of sp³-hybridized carbons (Fsp3) is 0.278. The van der Waals surface area contributed by atoms with Crippen LogP contribution >= 0.6 is 11.6 Å². The number of benzene rings is 2. The van der Waals surface area contributed by atoms with Gasteiger partial charge in [-0.1, -0.05) is 30.7 Å². The van der Waals surface area contributed by atoms with Crippen molar-refractivity contribution >= 4 is 23.2 Å². The fourth-order valence-corrected chi connectivity index (χ4v) is 2.47. The highest BCUT2D eigenvalue weighted by molar-refractivity contribution is 6.30. The van der Waals surface area contributed by atoms with Gasteiger partial charge in [-0.05, 0) is 61.7 Å². The molecule has 1 amide bonds. The summed E-state index contributed by atoms with van der Waals surface area (Å²) in [5, 5.41) is 3.42. The van der Waals surface area contributed by atoms with Crippen molar-refractivity contribution in [1.29, 1.82) is 0 Å². The quantitative estimate of drug-likeness (QED) is 0.864. The molecule has 1 N–H and O–H groups in total. The van der Waals surface area contributed by atoms with Crippen LogP contribution in [0.4, 0.5) is 5.69 Å². The zero-order valence-electron chi connectivity index (χ0n) is 13.0. The molecule has 2 aromatic carbocycles. The summed E-state index contributed by atoms with van der Waals surface area (Å²) in [7, 11) is 0. The smallest absolute Gasteiger partial charge is 0.265 e. The molecule has 4 heteroatoms. The van der Waals surface area contributed by atoms with Gasteiger partial charge in [0, 0.05) is 10.7 Å². The van der Waals surface area contributed by atoms with E-state index in [0.29, 0.717) is 22.9 Å². The van der Waals surface area contributed by atoms with E-state index in [9.17, 15) is 4.79 Å². The van der Waals surface area contributed by atoms with E-state index in [4.69, 9.17) is 16.3 Å². The summed E-state index contributed by atoms with van der Waals surface area (Å²) in [6, 6.07) is 13.0. The van der Waals surface area contributed by atoms with Crippen molar-refractivity contribution < 1.29 is 9.53 Å². The molecule has 0 saturated carbocycles. The zero-order valence-corrected chi connectivity index (χ0v) is 13.8. The normalized spacial score (nSPS) is 11.8. The third-order valence-corrected chi connectivity index (χ3v) is 3.46. The van der Waals surface area contributed by atoms with Crippen LogP contribution in [0.3, 0.4) is 0 Å². The number of hydrogen-bond acceptors (Lipinski definition) is 2. The first-order valence-electron chi connectivity index (χ1n) is 7.29. The summed E-state index contributed by atoms with van der Waals surface area (Å²) in [5.74, 6) is 0.537. The summed E-state index contributed by atoms with van der Waals surface area (Å²) < 4.78 is 5.84. The van der Waals surface area contributed by atoms with Gasteiger partial charge in [0.15, 0.2) is 6.10 Å². The van der Waals surface area contributed by atoms with Gasteiger partial charge < -0.3 is 10.1 Å². The van der Waals surface area contributed by atoms with Crippen LogP contribution in [0.15, 0.2) is 42.5 Å². The summed E-state index contributed by atoms with van der Waals surface area (Å²) in [4.78, 5) is 12.4. The van der Waals surface area contributed by atoms with Gasteiger partial charge in [-0.15, -0.1) is 0 Å². The molecule has 0 aliphatic rings. The van der Waals surface area contributed by atoms with Gasteiger partial charge in [0.2, 0.25) is 0 Å². The van der Waals surface area contributed by atoms with Crippen LogP contribution in [0.5, 0.6) is 5.75 Å². The van der Waals surface area contributed by atoms with Crippen LogP contribution in [-0.4, -0.2) is 12.0 Å². The first kappa shape index (κ1) is 16.4. The Bertz CT molecular complexity index is 650. The predicted octanol–water partition coefficient (Wildman–Crippen LogP) is 4.75. The van der Waals surface area contributed by atoms with Crippen LogP contribution in [0, 0.1) is 13.8 Å². The highest BCUT2D eigenvalue weighted by Crippen LogP contribution is 2.20. The summed E-state index contributed by atoms with van der Waals surface area (Å²) in [6.45, 7) is 5.94. The molecule has 0 radical (unpaired) electrons. The SMILES string of the molecule is CCC(Oc1cc(C)cc(C)c1)C(=O)Nc1cccc(Cl)c1. The van der Waals surface area contributed by atoms with Gasteiger partial charge in [-0.25, -0.2) is 0 Å². The first-order chi connectivity index (χ1) is 10.5. The van der Waals surface area contributed by atoms with Gasteiger partial charge >= 0.3 is 0 Å². The Balaban J connectivity index is 2.08. The maximum absolute atomic E-state index is 12.4. The molecule has 1 unspecified atom stereocenters. The number of ether oxygens (including phenoxy) is 1. The van der Waals surface area contributed by atoms with Crippen LogP contribution in [0.1, 0.15) is 24.5 Å². The predicted molar refractivity (Wildman–Crippen MR) is 90.7 cm³/mol. The van der Waals surface area contributed by atoms with Crippen LogP contribution in [0.25, 0.3) is 0 Å². The van der Waals surface area contributed by atoms with Crippen molar-refractivity contribution in [3.63, 3.8) is 0 Å². The second kappa shape index (κ2) is 7.32. The molecule has 0 heterocycles. The number of carbonyl (C=O) groups is 1. The van der Waals surface area contributed by atoms with Crippen molar-refractivity contribution in [2.24, 2.45) is 0 Å². The van der Waals surface area contributed by atoms with E-state index in [1.807, 2.05) is 32.9 Å². The molecular weight excluding hydrogens is 298 g/mol. The maximum Gasteiger partial charge on any atom is 0.265 e. The van der Waals surface area contributed by atoms with E-state index in [2.05, 4.69) is 11.4 Å². The van der Waals surface area contributed by atoms with E-state index >= 15 is 0 Å². The van der Waals surface area contributed by atoms with Crippen LogP contribution in [0.2, 0.25) is 5.02 Å². The van der Waals surface area contributed by atoms with E-state index in [1.54, 1.807) is 24.3 Å². The molecule has 3 nitrogen and oxygen atoms in total. The highest BCUT2D eigenvalue weighted by Gasteiger charge is 2.18. The Labute approximate surface area is 136 Å². The molecule has 0 saturated heterocycles. The van der Waals surface area contributed by atoms with Crippen molar-refractivity contribution in [3.05, 3.63) is 58.6 Å². The Morgan fingerprint density at radius 3 is 2.45 bits per heavy atom. The summed E-state index contributed by atoms with van der Waals surface area (Å²) in [6.07, 6.45) is 0.0412. The van der Waals surface area contributed by atoms with E-state index in [1.165, 1.54) is 0 Å². The molecule has 2 aromatic rings. The third kappa shape index (κ3) is 4.50. The summed E-state index contributed by atoms with van der Waals surface area (Å²) >= 11 is 5.92. The lowest BCUT2D eigenvalue weighted by atomic mass is 10.1. The number of hydrogen-bond donors (Lipinski definition) is 1. The Morgan fingerprint density at radius 2 is 1.86 bits per heavy atom. The average Bonchev–Trinajstić information content (AvgIpc) is 2.43. The van der Waals surface area contributed by atoms with Crippen molar-refractivity contribution in [3.8, 4) is 5.75 Å². The number of nitrogens with one attached hydrogen (secondary N) is 1. The molecule has 0 aromatic heterocycles. The lowest BCUT2D eigenvalue weighted by Gasteiger charge is -2.18. The molecule has 0 spiro atoms. The molecule has 0 bridgehead atoms. The lowest BCUT2D eigenvalue weighted by molar-refractivity contribution is -0.122. The topological polar surface area (TPSA) is 38.3 Å². The van der Waals surface area contributed by atoms with Crippen molar-refractivity contribution in [1.82, 2.24) is 0 Å². The standard InChI is InChI=1S/C18H20ClNO2/c1-4-17(22-16-9-12(2)8-13(3)10-16)18(21)20-15-7-5-6-14(19)11-15/h5-11,17H,4H2,1-3H3,(H,20,21). The highest BCUT2D eigenvalue weighted by atomic mass is 35.5. The molecule has 1 atom stereocenters. The van der Waals surface area contributed by atoms with E-state index < -0.39 is 6.10 Å². The Hall–Kier alpha value is -2.00. The van der Waals surface area contributed by atoms with Crippen molar-refractivity contribution in [2.45, 2.75) is 33.3 Å². The fourth-order valence-electron chi connectivity index (χ4n) is 2.28. The lowest BCUT2D eigenvalue weighted by Crippen LogP contribution is -2.32. The molecule has 0 aliphatic heterocycles. The molecule has 22 heavy (non-hydrogen) atoms. The number of anilines is 1. The van der Waals surface area contributed by atoms with Crippen LogP contribution in [-0.2, 0) is 4.79 Å². The largest absolute Gasteiger partial charge is 0.481 e. The van der Waals surface area contributed by atoms with Gasteiger partial charge in [0.25, 0.3) is 5.91 Å². The second-order valence-corrected chi connectivity index (χ2v) is 5.77. The first-order valence-corrected chi connectivity index (χ1v) is 7.67. The van der Waals surface area contributed by atoms with Gasteiger partial charge in [-0.2, -0.15) is 0 Å². The Kier molecular flexibility index (Phi) is 5.45. The Morgan fingerprint density at radius 1 is 1.18 bits per heavy atom. The number of rotatable bonds is 5. The molecule has 0 aliphatic carbocycles. The minimum atomic E-state index is -0.541. The minimum Gasteiger partial charge on any atom is -0.481 e. The van der Waals surface area contributed by atoms with Crippen LogP contribution < -0.4 is 10.1 Å². The van der Waals surface area contributed by atoms with E-state index in [0.717, 1.165) is 11.1 Å². The number of carbonyl (C=O) groups excluding carboxylic acids is 1. The monoisotopic (exact) mass is 317 g/mol. The second-order valence-electron chi connectivity index (χ2n) is 5.34. The number of amides is 1. The maximum atomic E-state index is 12.4. The molecular formula is C18H20ClNO2. The van der Waals surface area contributed by atoms with Gasteiger partial charge in [0.05, 0.1) is 0 Å². The van der Waals surface area contributed by atoms with E-state index in [-0.39, 0.29) is 5.91 Å². The zero-order chi connectivity index (χ0) is 16.1. The molecule has 0 fully saturated rings.